The summed E-state index contributed by atoms with van der Waals surface area (Å²) in [6, 6.07) is 5.01. The van der Waals surface area contributed by atoms with Crippen LogP contribution in [0, 0.1) is 12.7 Å². The second kappa shape index (κ2) is 4.29. The fourth-order valence-corrected chi connectivity index (χ4v) is 2.97. The van der Waals surface area contributed by atoms with Gasteiger partial charge in [0, 0.05) is 9.58 Å². The van der Waals surface area contributed by atoms with Crippen molar-refractivity contribution in [2.24, 2.45) is 5.73 Å². The predicted molar refractivity (Wildman–Crippen MR) is 63.9 cm³/mol. The zero-order valence-corrected chi connectivity index (χ0v) is 9.53. The van der Waals surface area contributed by atoms with E-state index in [0.717, 1.165) is 17.5 Å². The number of aryl methyl sites for hydroxylation is 2. The van der Waals surface area contributed by atoms with Crippen molar-refractivity contribution < 1.29 is 4.39 Å². The summed E-state index contributed by atoms with van der Waals surface area (Å²) in [4.78, 5) is 1.28. The Morgan fingerprint density at radius 2 is 2.20 bits per heavy atom. The molecule has 0 aliphatic heterocycles. The molecule has 1 aromatic carbocycles. The van der Waals surface area contributed by atoms with Crippen molar-refractivity contribution in [1.29, 1.82) is 0 Å². The molecule has 2 rings (SSSR count). The van der Waals surface area contributed by atoms with Crippen LogP contribution in [-0.4, -0.2) is 6.54 Å². The van der Waals surface area contributed by atoms with E-state index in [1.165, 1.54) is 21.9 Å². The monoisotopic (exact) mass is 223 g/mol. The number of nitrogens with two attached hydrogens (primary N) is 1. The van der Waals surface area contributed by atoms with E-state index in [9.17, 15) is 4.39 Å². The Kier molecular flexibility index (Phi) is 3.03. The highest BCUT2D eigenvalue weighted by Crippen LogP contribution is 2.31. The summed E-state index contributed by atoms with van der Waals surface area (Å²) < 4.78 is 14.1. The third kappa shape index (κ3) is 2.03. The summed E-state index contributed by atoms with van der Waals surface area (Å²) in [5.74, 6) is -0.158. The van der Waals surface area contributed by atoms with Gasteiger partial charge >= 0.3 is 0 Å². The Morgan fingerprint density at radius 1 is 1.40 bits per heavy atom. The molecule has 0 saturated carbocycles. The molecule has 1 aromatic heterocycles. The molecule has 1 nitrogen and oxygen atoms in total. The van der Waals surface area contributed by atoms with Gasteiger partial charge < -0.3 is 5.73 Å². The molecule has 0 aliphatic rings. The van der Waals surface area contributed by atoms with Crippen molar-refractivity contribution in [3.05, 3.63) is 34.5 Å². The zero-order valence-electron chi connectivity index (χ0n) is 8.72. The van der Waals surface area contributed by atoms with Gasteiger partial charge in [-0.1, -0.05) is 6.07 Å². The van der Waals surface area contributed by atoms with Gasteiger partial charge in [0.25, 0.3) is 0 Å². The van der Waals surface area contributed by atoms with E-state index in [1.54, 1.807) is 17.4 Å². The predicted octanol–water partition coefficient (Wildman–Crippen LogP) is 3.24. The average Bonchev–Trinajstić information content (AvgIpc) is 2.50. The summed E-state index contributed by atoms with van der Waals surface area (Å²) in [5, 5.41) is 1.19. The Hall–Kier alpha value is -0.930. The summed E-state index contributed by atoms with van der Waals surface area (Å²) in [5.41, 5.74) is 6.84. The van der Waals surface area contributed by atoms with E-state index in [2.05, 4.69) is 6.92 Å². The fraction of sp³-hybridized carbons (Fsp3) is 0.333. The lowest BCUT2D eigenvalue weighted by atomic mass is 10.1. The van der Waals surface area contributed by atoms with Gasteiger partial charge in [-0.25, -0.2) is 4.39 Å². The number of hydrogen-bond donors (Lipinski definition) is 1. The van der Waals surface area contributed by atoms with Crippen LogP contribution in [0.5, 0.6) is 0 Å². The molecule has 0 aliphatic carbocycles. The summed E-state index contributed by atoms with van der Waals surface area (Å²) in [6.45, 7) is 2.80. The molecule has 3 heteroatoms. The molecule has 2 aromatic rings. The summed E-state index contributed by atoms with van der Waals surface area (Å²) in [7, 11) is 0. The van der Waals surface area contributed by atoms with E-state index in [0.29, 0.717) is 6.54 Å². The van der Waals surface area contributed by atoms with E-state index in [1.807, 2.05) is 6.07 Å². The number of hydrogen-bond acceptors (Lipinski definition) is 2. The zero-order chi connectivity index (χ0) is 10.8. The minimum absolute atomic E-state index is 0.158. The molecule has 15 heavy (non-hydrogen) atoms. The van der Waals surface area contributed by atoms with Gasteiger partial charge in [0.15, 0.2) is 0 Å². The van der Waals surface area contributed by atoms with Gasteiger partial charge in [-0.05, 0) is 49.4 Å². The molecule has 0 fully saturated rings. The molecule has 0 radical (unpaired) electrons. The average molecular weight is 223 g/mol. The van der Waals surface area contributed by atoms with Gasteiger partial charge in [-0.15, -0.1) is 11.3 Å². The number of benzene rings is 1. The maximum absolute atomic E-state index is 13.0. The van der Waals surface area contributed by atoms with Crippen molar-refractivity contribution in [2.45, 2.75) is 19.8 Å². The third-order valence-electron chi connectivity index (χ3n) is 2.59. The van der Waals surface area contributed by atoms with E-state index in [-0.39, 0.29) is 5.82 Å². The highest BCUT2D eigenvalue weighted by Gasteiger charge is 2.08. The molecule has 0 saturated heterocycles. The second-order valence-electron chi connectivity index (χ2n) is 3.67. The number of fused-ring (bicyclic) bond motifs is 1. The minimum atomic E-state index is -0.158. The quantitative estimate of drug-likeness (QED) is 0.849. The first kappa shape index (κ1) is 10.6. The van der Waals surface area contributed by atoms with Crippen LogP contribution in [0.25, 0.3) is 10.1 Å². The molecule has 0 bridgehead atoms. The molecule has 80 valence electrons. The molecule has 2 N–H and O–H groups in total. The minimum Gasteiger partial charge on any atom is -0.330 e. The molecule has 0 amide bonds. The van der Waals surface area contributed by atoms with Crippen molar-refractivity contribution in [2.75, 3.05) is 6.54 Å². The Balaban J connectivity index is 2.48. The maximum Gasteiger partial charge on any atom is 0.124 e. The normalized spacial score (nSPS) is 11.1. The molecular formula is C12H14FNS. The summed E-state index contributed by atoms with van der Waals surface area (Å²) in [6.07, 6.45) is 1.98. The molecule has 0 spiro atoms. The largest absolute Gasteiger partial charge is 0.330 e. The highest BCUT2D eigenvalue weighted by atomic mass is 32.1. The lowest BCUT2D eigenvalue weighted by Gasteiger charge is -1.99. The van der Waals surface area contributed by atoms with E-state index < -0.39 is 0 Å². The first-order valence-electron chi connectivity index (χ1n) is 5.10. The Bertz CT molecular complexity index is 476. The SMILES string of the molecule is Cc1sc2cc(F)ccc2c1CCCN. The van der Waals surface area contributed by atoms with Crippen molar-refractivity contribution >= 4 is 21.4 Å². The van der Waals surface area contributed by atoms with Crippen LogP contribution >= 0.6 is 11.3 Å². The lowest BCUT2D eigenvalue weighted by molar-refractivity contribution is 0.630. The standard InChI is InChI=1S/C12H14FNS/c1-8-10(3-2-6-14)11-5-4-9(13)7-12(11)15-8/h4-5,7H,2-3,6,14H2,1H3. The molecular weight excluding hydrogens is 209 g/mol. The highest BCUT2D eigenvalue weighted by molar-refractivity contribution is 7.19. The second-order valence-corrected chi connectivity index (χ2v) is 4.93. The number of halogens is 1. The fourth-order valence-electron chi connectivity index (χ4n) is 1.84. The number of rotatable bonds is 3. The Labute approximate surface area is 92.7 Å². The van der Waals surface area contributed by atoms with Gasteiger partial charge in [0.2, 0.25) is 0 Å². The van der Waals surface area contributed by atoms with Crippen LogP contribution < -0.4 is 5.73 Å². The summed E-state index contributed by atoms with van der Waals surface area (Å²) >= 11 is 1.66. The lowest BCUT2D eigenvalue weighted by Crippen LogP contribution is -2.00. The number of thiophene rings is 1. The molecule has 0 unspecified atom stereocenters. The van der Waals surface area contributed by atoms with Gasteiger partial charge in [0.05, 0.1) is 0 Å². The first-order chi connectivity index (χ1) is 7.22. The van der Waals surface area contributed by atoms with Gasteiger partial charge in [-0.2, -0.15) is 0 Å². The van der Waals surface area contributed by atoms with Crippen LogP contribution in [0.2, 0.25) is 0 Å². The van der Waals surface area contributed by atoms with Crippen molar-refractivity contribution in [1.82, 2.24) is 0 Å². The Morgan fingerprint density at radius 3 is 2.93 bits per heavy atom. The molecule has 1 heterocycles. The van der Waals surface area contributed by atoms with Crippen LogP contribution in [-0.2, 0) is 6.42 Å². The maximum atomic E-state index is 13.0. The van der Waals surface area contributed by atoms with Gasteiger partial charge in [0.1, 0.15) is 5.82 Å². The van der Waals surface area contributed by atoms with E-state index >= 15 is 0 Å². The van der Waals surface area contributed by atoms with E-state index in [4.69, 9.17) is 5.73 Å². The van der Waals surface area contributed by atoms with Crippen LogP contribution in [0.15, 0.2) is 18.2 Å². The third-order valence-corrected chi connectivity index (χ3v) is 3.70. The van der Waals surface area contributed by atoms with Crippen LogP contribution in [0.4, 0.5) is 4.39 Å². The van der Waals surface area contributed by atoms with Crippen molar-refractivity contribution in [3.63, 3.8) is 0 Å². The van der Waals surface area contributed by atoms with Crippen LogP contribution in [0.1, 0.15) is 16.9 Å². The smallest absolute Gasteiger partial charge is 0.124 e. The van der Waals surface area contributed by atoms with Gasteiger partial charge in [-0.3, -0.25) is 0 Å². The first-order valence-corrected chi connectivity index (χ1v) is 5.91. The molecule has 0 atom stereocenters. The topological polar surface area (TPSA) is 26.0 Å². The van der Waals surface area contributed by atoms with Crippen LogP contribution in [0.3, 0.4) is 0 Å². The van der Waals surface area contributed by atoms with Crippen molar-refractivity contribution in [3.8, 4) is 0 Å².